The van der Waals surface area contributed by atoms with Crippen LogP contribution in [-0.4, -0.2) is 43.1 Å². The summed E-state index contributed by atoms with van der Waals surface area (Å²) in [7, 11) is -3.08. The Hall–Kier alpha value is -0.130. The standard InChI is InChI=1S/C13H24N2O2S/c1-13(2)12-8-14-7-10(12)9-15(13)18(16,17)11-5-3-4-6-11/h10-12,14H,3-9H2,1-2H3. The minimum absolute atomic E-state index is 0.108. The number of fused-ring (bicyclic) bond motifs is 1. The zero-order valence-electron chi connectivity index (χ0n) is 11.4. The molecule has 0 bridgehead atoms. The molecule has 0 amide bonds. The second-order valence-electron chi connectivity index (χ2n) is 6.66. The van der Waals surface area contributed by atoms with Crippen LogP contribution >= 0.6 is 0 Å². The van der Waals surface area contributed by atoms with Gasteiger partial charge >= 0.3 is 0 Å². The lowest BCUT2D eigenvalue weighted by molar-refractivity contribution is 0.231. The highest BCUT2D eigenvalue weighted by Gasteiger charge is 2.55. The van der Waals surface area contributed by atoms with Crippen LogP contribution in [0.1, 0.15) is 39.5 Å². The van der Waals surface area contributed by atoms with Crippen LogP contribution in [0, 0.1) is 11.8 Å². The lowest BCUT2D eigenvalue weighted by Gasteiger charge is -2.36. The average Bonchev–Trinajstić information content (AvgIpc) is 2.97. The monoisotopic (exact) mass is 272 g/mol. The lowest BCUT2D eigenvalue weighted by atomic mass is 9.85. The minimum atomic E-state index is -3.08. The molecule has 4 nitrogen and oxygen atoms in total. The fraction of sp³-hybridized carbons (Fsp3) is 1.00. The number of hydrogen-bond donors (Lipinski definition) is 1. The normalized spacial score (nSPS) is 37.2. The number of hydrogen-bond acceptors (Lipinski definition) is 3. The van der Waals surface area contributed by atoms with E-state index in [2.05, 4.69) is 19.2 Å². The molecule has 3 aliphatic rings. The molecule has 0 aromatic rings. The van der Waals surface area contributed by atoms with Gasteiger partial charge in [-0.05, 0) is 45.1 Å². The first kappa shape index (κ1) is 12.9. The molecule has 2 saturated heterocycles. The van der Waals surface area contributed by atoms with Crippen molar-refractivity contribution in [2.45, 2.75) is 50.3 Å². The van der Waals surface area contributed by atoms with Crippen LogP contribution in [-0.2, 0) is 10.0 Å². The van der Waals surface area contributed by atoms with Crippen LogP contribution in [0.15, 0.2) is 0 Å². The van der Waals surface area contributed by atoms with Gasteiger partial charge in [0.1, 0.15) is 0 Å². The number of sulfonamides is 1. The Kier molecular flexibility index (Phi) is 2.99. The predicted molar refractivity (Wildman–Crippen MR) is 71.8 cm³/mol. The Labute approximate surface area is 110 Å². The Morgan fingerprint density at radius 2 is 1.83 bits per heavy atom. The molecule has 18 heavy (non-hydrogen) atoms. The van der Waals surface area contributed by atoms with Crippen LogP contribution in [0.2, 0.25) is 0 Å². The maximum absolute atomic E-state index is 12.8. The van der Waals surface area contributed by atoms with Crippen LogP contribution < -0.4 is 5.32 Å². The Morgan fingerprint density at radius 3 is 2.44 bits per heavy atom. The van der Waals surface area contributed by atoms with Crippen LogP contribution in [0.4, 0.5) is 0 Å². The lowest BCUT2D eigenvalue weighted by Crippen LogP contribution is -2.50. The molecule has 5 heteroatoms. The SMILES string of the molecule is CC1(C)C2CNCC2CN1S(=O)(=O)C1CCCC1. The summed E-state index contributed by atoms with van der Waals surface area (Å²) in [5.74, 6) is 0.991. The van der Waals surface area contributed by atoms with E-state index in [9.17, 15) is 8.42 Å². The highest BCUT2D eigenvalue weighted by molar-refractivity contribution is 7.89. The Balaban J connectivity index is 1.88. The third-order valence-corrected chi connectivity index (χ3v) is 7.87. The van der Waals surface area contributed by atoms with Gasteiger partial charge in [0.2, 0.25) is 10.0 Å². The Bertz CT molecular complexity index is 426. The topological polar surface area (TPSA) is 49.4 Å². The molecule has 1 N–H and O–H groups in total. The number of rotatable bonds is 2. The van der Waals surface area contributed by atoms with Gasteiger partial charge in [0.05, 0.1) is 5.25 Å². The summed E-state index contributed by atoms with van der Waals surface area (Å²) in [5, 5.41) is 3.29. The van der Waals surface area contributed by atoms with E-state index in [1.165, 1.54) is 0 Å². The summed E-state index contributed by atoms with van der Waals surface area (Å²) in [6.45, 7) is 6.89. The predicted octanol–water partition coefficient (Wildman–Crippen LogP) is 1.19. The summed E-state index contributed by atoms with van der Waals surface area (Å²) in [6.07, 6.45) is 3.88. The van der Waals surface area contributed by atoms with Crippen molar-refractivity contribution in [1.82, 2.24) is 9.62 Å². The maximum atomic E-state index is 12.8. The molecule has 3 rings (SSSR count). The molecule has 0 spiro atoms. The molecule has 1 saturated carbocycles. The highest BCUT2D eigenvalue weighted by atomic mass is 32.2. The zero-order chi connectivity index (χ0) is 13.0. The van der Waals surface area contributed by atoms with E-state index < -0.39 is 10.0 Å². The van der Waals surface area contributed by atoms with Crippen molar-refractivity contribution >= 4 is 10.0 Å². The quantitative estimate of drug-likeness (QED) is 0.821. The summed E-state index contributed by atoms with van der Waals surface area (Å²) in [6, 6.07) is 0. The van der Waals surface area contributed by atoms with E-state index >= 15 is 0 Å². The second kappa shape index (κ2) is 4.18. The van der Waals surface area contributed by atoms with E-state index in [-0.39, 0.29) is 10.8 Å². The molecule has 2 atom stereocenters. The van der Waals surface area contributed by atoms with Gasteiger partial charge in [-0.3, -0.25) is 0 Å². The average molecular weight is 272 g/mol. The van der Waals surface area contributed by atoms with Crippen molar-refractivity contribution in [3.63, 3.8) is 0 Å². The van der Waals surface area contributed by atoms with Crippen molar-refractivity contribution in [1.29, 1.82) is 0 Å². The van der Waals surface area contributed by atoms with Crippen LogP contribution in [0.3, 0.4) is 0 Å². The van der Waals surface area contributed by atoms with E-state index in [4.69, 9.17) is 0 Å². The number of nitrogens with one attached hydrogen (secondary N) is 1. The van der Waals surface area contributed by atoms with E-state index in [0.717, 1.165) is 45.3 Å². The van der Waals surface area contributed by atoms with Gasteiger partial charge in [0.15, 0.2) is 0 Å². The van der Waals surface area contributed by atoms with Crippen molar-refractivity contribution in [3.8, 4) is 0 Å². The molecule has 0 radical (unpaired) electrons. The van der Waals surface area contributed by atoms with Crippen LogP contribution in [0.5, 0.6) is 0 Å². The molecule has 0 aromatic heterocycles. The smallest absolute Gasteiger partial charge is 0.217 e. The first-order valence-corrected chi connectivity index (χ1v) is 8.67. The van der Waals surface area contributed by atoms with Gasteiger partial charge in [-0.2, -0.15) is 4.31 Å². The van der Waals surface area contributed by atoms with Gasteiger partial charge in [0.25, 0.3) is 0 Å². The third kappa shape index (κ3) is 1.74. The molecule has 0 aromatic carbocycles. The third-order valence-electron chi connectivity index (χ3n) is 5.32. The fourth-order valence-electron chi connectivity index (χ4n) is 4.18. The van der Waals surface area contributed by atoms with E-state index in [1.54, 1.807) is 0 Å². The van der Waals surface area contributed by atoms with E-state index in [1.807, 2.05) is 4.31 Å². The van der Waals surface area contributed by atoms with Crippen molar-refractivity contribution in [2.24, 2.45) is 11.8 Å². The minimum Gasteiger partial charge on any atom is -0.316 e. The van der Waals surface area contributed by atoms with Crippen molar-refractivity contribution in [3.05, 3.63) is 0 Å². The largest absolute Gasteiger partial charge is 0.316 e. The highest BCUT2D eigenvalue weighted by Crippen LogP contribution is 2.44. The second-order valence-corrected chi connectivity index (χ2v) is 8.80. The fourth-order valence-corrected chi connectivity index (χ4v) is 6.66. The number of nitrogens with zero attached hydrogens (tertiary/aromatic N) is 1. The molecule has 3 fully saturated rings. The van der Waals surface area contributed by atoms with E-state index in [0.29, 0.717) is 11.8 Å². The molecule has 2 heterocycles. The summed E-state index contributed by atoms with van der Waals surface area (Å²) >= 11 is 0. The van der Waals surface area contributed by atoms with Gasteiger partial charge in [-0.15, -0.1) is 0 Å². The first-order valence-electron chi connectivity index (χ1n) is 7.16. The summed E-state index contributed by atoms with van der Waals surface area (Å²) in [5.41, 5.74) is -0.213. The molecule has 1 aliphatic carbocycles. The zero-order valence-corrected chi connectivity index (χ0v) is 12.2. The van der Waals surface area contributed by atoms with Gasteiger partial charge in [-0.25, -0.2) is 8.42 Å². The maximum Gasteiger partial charge on any atom is 0.217 e. The summed E-state index contributed by atoms with van der Waals surface area (Å²) < 4.78 is 27.4. The van der Waals surface area contributed by atoms with Crippen LogP contribution in [0.25, 0.3) is 0 Å². The Morgan fingerprint density at radius 1 is 1.17 bits per heavy atom. The molecular weight excluding hydrogens is 248 g/mol. The molecule has 2 unspecified atom stereocenters. The van der Waals surface area contributed by atoms with Gasteiger partial charge in [-0.1, -0.05) is 12.8 Å². The van der Waals surface area contributed by atoms with Gasteiger partial charge in [0, 0.05) is 18.6 Å². The van der Waals surface area contributed by atoms with Gasteiger partial charge < -0.3 is 5.32 Å². The van der Waals surface area contributed by atoms with Crippen molar-refractivity contribution in [2.75, 3.05) is 19.6 Å². The summed E-state index contributed by atoms with van der Waals surface area (Å²) in [4.78, 5) is 0. The van der Waals surface area contributed by atoms with Crippen molar-refractivity contribution < 1.29 is 8.42 Å². The molecule has 104 valence electrons. The molecule has 2 aliphatic heterocycles. The molecular formula is C13H24N2O2S. The first-order chi connectivity index (χ1) is 8.44.